The van der Waals surface area contributed by atoms with Gasteiger partial charge < -0.3 is 10.1 Å². The fraction of sp³-hybridized carbons (Fsp3) is 0.750. The van der Waals surface area contributed by atoms with Crippen LogP contribution in [0.5, 0.6) is 0 Å². The van der Waals surface area contributed by atoms with Crippen LogP contribution >= 0.6 is 15.9 Å². The Bertz CT molecular complexity index is 381. The topological polar surface area (TPSA) is 49.9 Å². The van der Waals surface area contributed by atoms with Gasteiger partial charge in [-0.3, -0.25) is 5.10 Å². The van der Waals surface area contributed by atoms with Crippen molar-refractivity contribution in [3.8, 4) is 0 Å². The Balaban J connectivity index is 1.80. The summed E-state index contributed by atoms with van der Waals surface area (Å²) in [4.78, 5) is 0. The molecule has 2 N–H and O–H groups in total. The highest BCUT2D eigenvalue weighted by atomic mass is 79.9. The van der Waals surface area contributed by atoms with Crippen molar-refractivity contribution >= 4 is 15.9 Å². The highest BCUT2D eigenvalue weighted by Crippen LogP contribution is 2.36. The largest absolute Gasteiger partial charge is 0.381 e. The first-order valence-corrected chi connectivity index (χ1v) is 7.20. The number of hydrogen-bond acceptors (Lipinski definition) is 3. The van der Waals surface area contributed by atoms with E-state index in [-0.39, 0.29) is 0 Å². The summed E-state index contributed by atoms with van der Waals surface area (Å²) < 4.78 is 6.59. The second-order valence-corrected chi connectivity index (χ2v) is 5.67. The molecule has 0 bridgehead atoms. The summed E-state index contributed by atoms with van der Waals surface area (Å²) in [5.41, 5.74) is 2.42. The minimum atomic E-state index is 0.450. The van der Waals surface area contributed by atoms with E-state index in [4.69, 9.17) is 4.74 Å². The van der Waals surface area contributed by atoms with Crippen molar-refractivity contribution < 1.29 is 4.74 Å². The fourth-order valence-electron chi connectivity index (χ4n) is 2.76. The number of nitrogens with one attached hydrogen (secondary N) is 2. The number of aromatic amines is 1. The third-order valence-corrected chi connectivity index (χ3v) is 4.61. The van der Waals surface area contributed by atoms with Crippen molar-refractivity contribution in [3.63, 3.8) is 0 Å². The monoisotopic (exact) mass is 299 g/mol. The predicted molar refractivity (Wildman–Crippen MR) is 69.1 cm³/mol. The zero-order valence-electron chi connectivity index (χ0n) is 9.84. The zero-order valence-corrected chi connectivity index (χ0v) is 11.4. The van der Waals surface area contributed by atoms with Crippen LogP contribution < -0.4 is 5.32 Å². The molecule has 3 heterocycles. The maximum Gasteiger partial charge on any atom is 0.0800 e. The second-order valence-electron chi connectivity index (χ2n) is 4.87. The number of nitrogens with zero attached hydrogens (tertiary/aromatic N) is 1. The Morgan fingerprint density at radius 3 is 2.76 bits per heavy atom. The first-order valence-electron chi connectivity index (χ1n) is 6.41. The minimum absolute atomic E-state index is 0.450. The van der Waals surface area contributed by atoms with E-state index in [1.54, 1.807) is 0 Å². The van der Waals surface area contributed by atoms with Gasteiger partial charge in [-0.1, -0.05) is 0 Å². The zero-order chi connectivity index (χ0) is 11.7. The van der Waals surface area contributed by atoms with Crippen molar-refractivity contribution in [3.05, 3.63) is 15.9 Å². The van der Waals surface area contributed by atoms with Crippen LogP contribution in [0.1, 0.15) is 49.0 Å². The van der Waals surface area contributed by atoms with Crippen LogP contribution in [0.3, 0.4) is 0 Å². The first kappa shape index (κ1) is 11.7. The number of halogens is 1. The number of hydrogen-bond donors (Lipinski definition) is 2. The van der Waals surface area contributed by atoms with Gasteiger partial charge in [-0.25, -0.2) is 0 Å². The highest BCUT2D eigenvalue weighted by molar-refractivity contribution is 9.10. The summed E-state index contributed by atoms with van der Waals surface area (Å²) in [6.07, 6.45) is 4.62. The van der Waals surface area contributed by atoms with E-state index in [1.165, 1.54) is 28.7 Å². The summed E-state index contributed by atoms with van der Waals surface area (Å²) in [7, 11) is 0. The van der Waals surface area contributed by atoms with E-state index < -0.39 is 0 Å². The van der Waals surface area contributed by atoms with E-state index in [0.29, 0.717) is 12.0 Å². The lowest BCUT2D eigenvalue weighted by molar-refractivity contribution is 0.0843. The van der Waals surface area contributed by atoms with Crippen LogP contribution in [0.4, 0.5) is 0 Å². The molecule has 0 aromatic carbocycles. The van der Waals surface area contributed by atoms with Gasteiger partial charge in [0.1, 0.15) is 0 Å². The molecule has 0 aliphatic carbocycles. The van der Waals surface area contributed by atoms with Crippen LogP contribution in [0, 0.1) is 0 Å². The molecule has 2 fully saturated rings. The maximum atomic E-state index is 5.40. The van der Waals surface area contributed by atoms with Crippen molar-refractivity contribution in [2.45, 2.75) is 37.6 Å². The Kier molecular flexibility index (Phi) is 3.49. The maximum absolute atomic E-state index is 5.40. The van der Waals surface area contributed by atoms with Gasteiger partial charge >= 0.3 is 0 Å². The Labute approximate surface area is 110 Å². The molecule has 94 valence electrons. The van der Waals surface area contributed by atoms with Crippen LogP contribution in [-0.4, -0.2) is 30.0 Å². The molecule has 0 amide bonds. The molecule has 2 aliphatic heterocycles. The number of aromatic nitrogens is 2. The van der Waals surface area contributed by atoms with Crippen molar-refractivity contribution in [2.75, 3.05) is 19.8 Å². The molecule has 2 aliphatic rings. The van der Waals surface area contributed by atoms with Gasteiger partial charge in [0, 0.05) is 19.1 Å². The second kappa shape index (κ2) is 5.08. The molecule has 1 unspecified atom stereocenters. The average Bonchev–Trinajstić information content (AvgIpc) is 2.99. The summed E-state index contributed by atoms with van der Waals surface area (Å²) in [6, 6.07) is 0.450. The minimum Gasteiger partial charge on any atom is -0.381 e. The summed E-state index contributed by atoms with van der Waals surface area (Å²) in [6.45, 7) is 2.84. The van der Waals surface area contributed by atoms with Crippen LogP contribution in [0.2, 0.25) is 0 Å². The third kappa shape index (κ3) is 2.28. The Hall–Kier alpha value is -0.390. The van der Waals surface area contributed by atoms with Crippen LogP contribution in [-0.2, 0) is 4.74 Å². The molecule has 4 nitrogen and oxygen atoms in total. The lowest BCUT2D eigenvalue weighted by Gasteiger charge is -2.20. The molecule has 1 aromatic heterocycles. The lowest BCUT2D eigenvalue weighted by Crippen LogP contribution is -2.15. The van der Waals surface area contributed by atoms with Gasteiger partial charge in [-0.05, 0) is 48.2 Å². The lowest BCUT2D eigenvalue weighted by atomic mass is 9.96. The molecule has 0 spiro atoms. The molecule has 1 aromatic rings. The smallest absolute Gasteiger partial charge is 0.0800 e. The number of ether oxygens (including phenoxy) is 1. The molecular formula is C12H18BrN3O. The normalized spacial score (nSPS) is 26.5. The third-order valence-electron chi connectivity index (χ3n) is 3.77. The summed E-state index contributed by atoms with van der Waals surface area (Å²) >= 11 is 3.72. The molecular weight excluding hydrogens is 282 g/mol. The Morgan fingerprint density at radius 1 is 1.24 bits per heavy atom. The predicted octanol–water partition coefficient (Wildman–Crippen LogP) is 2.49. The van der Waals surface area contributed by atoms with E-state index >= 15 is 0 Å². The molecule has 2 saturated heterocycles. The SMILES string of the molecule is Brc1c(C2CCOCC2)n[nH]c1C1CCCN1. The van der Waals surface area contributed by atoms with Gasteiger partial charge in [-0.2, -0.15) is 5.10 Å². The van der Waals surface area contributed by atoms with Gasteiger partial charge in [-0.15, -0.1) is 0 Å². The van der Waals surface area contributed by atoms with Crippen molar-refractivity contribution in [1.82, 2.24) is 15.5 Å². The number of rotatable bonds is 2. The quantitative estimate of drug-likeness (QED) is 0.882. The van der Waals surface area contributed by atoms with Gasteiger partial charge in [0.05, 0.1) is 21.9 Å². The van der Waals surface area contributed by atoms with E-state index in [9.17, 15) is 0 Å². The van der Waals surface area contributed by atoms with Gasteiger partial charge in [0.2, 0.25) is 0 Å². The van der Waals surface area contributed by atoms with E-state index in [2.05, 4.69) is 31.4 Å². The first-order chi connectivity index (χ1) is 8.36. The van der Waals surface area contributed by atoms with Crippen molar-refractivity contribution in [2.24, 2.45) is 0 Å². The fourth-order valence-corrected chi connectivity index (χ4v) is 3.54. The number of H-pyrrole nitrogens is 1. The van der Waals surface area contributed by atoms with E-state index in [1.807, 2.05) is 0 Å². The molecule has 0 radical (unpaired) electrons. The average molecular weight is 300 g/mol. The molecule has 17 heavy (non-hydrogen) atoms. The standard InChI is InChI=1S/C12H18BrN3O/c13-10-11(8-3-6-17-7-4-8)15-16-12(10)9-2-1-5-14-9/h8-9,14H,1-7H2,(H,15,16). The highest BCUT2D eigenvalue weighted by Gasteiger charge is 2.27. The summed E-state index contributed by atoms with van der Waals surface area (Å²) in [5, 5.41) is 11.2. The van der Waals surface area contributed by atoms with E-state index in [0.717, 1.165) is 32.6 Å². The molecule has 1 atom stereocenters. The van der Waals surface area contributed by atoms with Gasteiger partial charge in [0.25, 0.3) is 0 Å². The van der Waals surface area contributed by atoms with Crippen LogP contribution in [0.15, 0.2) is 4.47 Å². The Morgan fingerprint density at radius 2 is 2.06 bits per heavy atom. The molecule has 3 rings (SSSR count). The van der Waals surface area contributed by atoms with Crippen molar-refractivity contribution in [1.29, 1.82) is 0 Å². The van der Waals surface area contributed by atoms with Gasteiger partial charge in [0.15, 0.2) is 0 Å². The molecule has 5 heteroatoms. The molecule has 0 saturated carbocycles. The summed E-state index contributed by atoms with van der Waals surface area (Å²) in [5.74, 6) is 0.546. The van der Waals surface area contributed by atoms with Crippen LogP contribution in [0.25, 0.3) is 0 Å².